The Kier molecular flexibility index (Phi) is 5.29. The van der Waals surface area contributed by atoms with Crippen molar-refractivity contribution in [2.24, 2.45) is 0 Å². The molecule has 150 valence electrons. The van der Waals surface area contributed by atoms with Gasteiger partial charge in [-0.15, -0.1) is 0 Å². The van der Waals surface area contributed by atoms with Crippen LogP contribution in [0.25, 0.3) is 11.1 Å². The number of carboxylic acid groups (broad SMARTS) is 1. The maximum Gasteiger partial charge on any atom is 0.303 e. The number of nitrogens with zero attached hydrogens (tertiary/aromatic N) is 3. The number of aromatic nitrogens is 2. The zero-order chi connectivity index (χ0) is 20.4. The Morgan fingerprint density at radius 1 is 1.24 bits per heavy atom. The maximum atomic E-state index is 13.6. The standard InChI is InChI=1S/C22H23N3O4/c1-14-20-17(12-18(16-9-10-16)23-21(20)29-24-14)22(28)25(11-5-8-19(26)27)13-15-6-3-2-4-7-15/h2-4,6-7,12,16H,5,8-11,13H2,1H3,(H,26,27). The number of aliphatic carboxylic acids is 1. The minimum atomic E-state index is -0.866. The summed E-state index contributed by atoms with van der Waals surface area (Å²) in [5.74, 6) is -0.653. The summed E-state index contributed by atoms with van der Waals surface area (Å²) < 4.78 is 5.36. The van der Waals surface area contributed by atoms with E-state index >= 15 is 0 Å². The van der Waals surface area contributed by atoms with Crippen LogP contribution in [-0.4, -0.2) is 38.6 Å². The number of carbonyl (C=O) groups excluding carboxylic acids is 1. The third kappa shape index (κ3) is 4.29. The molecule has 0 saturated heterocycles. The molecule has 0 radical (unpaired) electrons. The Morgan fingerprint density at radius 2 is 2.00 bits per heavy atom. The lowest BCUT2D eigenvalue weighted by atomic mass is 10.1. The van der Waals surface area contributed by atoms with Gasteiger partial charge in [0.25, 0.3) is 11.6 Å². The van der Waals surface area contributed by atoms with Crippen molar-refractivity contribution in [3.05, 3.63) is 58.9 Å². The van der Waals surface area contributed by atoms with Crippen molar-refractivity contribution in [1.29, 1.82) is 0 Å². The Bertz CT molecular complexity index is 1040. The fourth-order valence-corrected chi connectivity index (χ4v) is 3.52. The van der Waals surface area contributed by atoms with E-state index in [1.54, 1.807) is 11.8 Å². The quantitative estimate of drug-likeness (QED) is 0.623. The summed E-state index contributed by atoms with van der Waals surface area (Å²) in [4.78, 5) is 30.8. The van der Waals surface area contributed by atoms with Crippen molar-refractivity contribution < 1.29 is 19.2 Å². The predicted octanol–water partition coefficient (Wildman–Crippen LogP) is 3.92. The van der Waals surface area contributed by atoms with Gasteiger partial charge in [0.1, 0.15) is 0 Å². The van der Waals surface area contributed by atoms with Gasteiger partial charge in [0.2, 0.25) is 0 Å². The fourth-order valence-electron chi connectivity index (χ4n) is 3.52. The van der Waals surface area contributed by atoms with Crippen LogP contribution in [0, 0.1) is 6.92 Å². The van der Waals surface area contributed by atoms with Gasteiger partial charge in [0.15, 0.2) is 0 Å². The average molecular weight is 393 g/mol. The van der Waals surface area contributed by atoms with Crippen molar-refractivity contribution in [2.75, 3.05) is 6.54 Å². The van der Waals surface area contributed by atoms with Crippen molar-refractivity contribution in [3.63, 3.8) is 0 Å². The van der Waals surface area contributed by atoms with E-state index in [0.717, 1.165) is 24.1 Å². The second kappa shape index (κ2) is 8.03. The van der Waals surface area contributed by atoms with E-state index in [9.17, 15) is 9.59 Å². The molecule has 7 nitrogen and oxygen atoms in total. The minimum Gasteiger partial charge on any atom is -0.481 e. The minimum absolute atomic E-state index is 0.0178. The van der Waals surface area contributed by atoms with E-state index in [1.807, 2.05) is 36.4 Å². The second-order valence-electron chi connectivity index (χ2n) is 7.53. The monoisotopic (exact) mass is 393 g/mol. The first kappa shape index (κ1) is 19.1. The zero-order valence-corrected chi connectivity index (χ0v) is 16.3. The van der Waals surface area contributed by atoms with Crippen molar-refractivity contribution >= 4 is 23.0 Å². The molecular formula is C22H23N3O4. The molecule has 0 atom stereocenters. The van der Waals surface area contributed by atoms with Crippen molar-refractivity contribution in [3.8, 4) is 0 Å². The molecule has 1 aromatic carbocycles. The van der Waals surface area contributed by atoms with Crippen molar-refractivity contribution in [2.45, 2.75) is 45.1 Å². The lowest BCUT2D eigenvalue weighted by molar-refractivity contribution is -0.137. The summed E-state index contributed by atoms with van der Waals surface area (Å²) in [7, 11) is 0. The zero-order valence-electron chi connectivity index (χ0n) is 16.3. The smallest absolute Gasteiger partial charge is 0.303 e. The molecule has 1 fully saturated rings. The van der Waals surface area contributed by atoms with Crippen LogP contribution in [0.15, 0.2) is 40.9 Å². The number of benzene rings is 1. The number of carboxylic acids is 1. The highest BCUT2D eigenvalue weighted by atomic mass is 16.5. The first-order valence-electron chi connectivity index (χ1n) is 9.85. The third-order valence-electron chi connectivity index (χ3n) is 5.19. The second-order valence-corrected chi connectivity index (χ2v) is 7.53. The van der Waals surface area contributed by atoms with Gasteiger partial charge in [0.05, 0.1) is 16.6 Å². The van der Waals surface area contributed by atoms with Gasteiger partial charge in [-0.05, 0) is 37.8 Å². The van der Waals surface area contributed by atoms with Gasteiger partial charge < -0.3 is 14.5 Å². The number of pyridine rings is 1. The molecule has 2 heterocycles. The topological polar surface area (TPSA) is 96.5 Å². The molecule has 0 spiro atoms. The van der Waals surface area contributed by atoms with Gasteiger partial charge >= 0.3 is 5.97 Å². The van der Waals surface area contributed by atoms with E-state index in [4.69, 9.17) is 9.63 Å². The Morgan fingerprint density at radius 3 is 2.69 bits per heavy atom. The molecule has 29 heavy (non-hydrogen) atoms. The summed E-state index contributed by atoms with van der Waals surface area (Å²) in [6.07, 6.45) is 2.53. The highest BCUT2D eigenvalue weighted by Crippen LogP contribution is 2.40. The molecule has 1 saturated carbocycles. The summed E-state index contributed by atoms with van der Waals surface area (Å²) in [5, 5.41) is 13.6. The molecule has 3 aromatic rings. The SMILES string of the molecule is Cc1noc2nc(C3CC3)cc(C(=O)N(CCCC(=O)O)Cc3ccccc3)c12. The first-order chi connectivity index (χ1) is 14.0. The number of hydrogen-bond acceptors (Lipinski definition) is 5. The van der Waals surface area contributed by atoms with Gasteiger partial charge in [-0.1, -0.05) is 35.5 Å². The Balaban J connectivity index is 1.68. The van der Waals surface area contributed by atoms with Crippen LogP contribution in [0.5, 0.6) is 0 Å². The third-order valence-corrected chi connectivity index (χ3v) is 5.19. The molecule has 0 aliphatic heterocycles. The number of amides is 1. The summed E-state index contributed by atoms with van der Waals surface area (Å²) in [5.41, 5.74) is 3.40. The van der Waals surface area contributed by atoms with E-state index in [2.05, 4.69) is 10.1 Å². The van der Waals surface area contributed by atoms with E-state index in [1.165, 1.54) is 0 Å². The first-order valence-corrected chi connectivity index (χ1v) is 9.85. The van der Waals surface area contributed by atoms with E-state index in [0.29, 0.717) is 47.8 Å². The van der Waals surface area contributed by atoms with Crippen LogP contribution in [0.2, 0.25) is 0 Å². The average Bonchev–Trinajstić information content (AvgIpc) is 3.50. The maximum absolute atomic E-state index is 13.6. The Hall–Kier alpha value is -3.22. The predicted molar refractivity (Wildman–Crippen MR) is 107 cm³/mol. The molecular weight excluding hydrogens is 370 g/mol. The van der Waals surface area contributed by atoms with Crippen LogP contribution >= 0.6 is 0 Å². The molecule has 1 aliphatic carbocycles. The number of fused-ring (bicyclic) bond motifs is 1. The molecule has 2 aromatic heterocycles. The number of aryl methyl sites for hydroxylation is 1. The summed E-state index contributed by atoms with van der Waals surface area (Å²) >= 11 is 0. The molecule has 4 rings (SSSR count). The highest BCUT2D eigenvalue weighted by molar-refractivity contribution is 6.06. The molecule has 1 aliphatic rings. The molecule has 1 amide bonds. The van der Waals surface area contributed by atoms with Crippen LogP contribution in [0.1, 0.15) is 58.9 Å². The highest BCUT2D eigenvalue weighted by Gasteiger charge is 2.30. The van der Waals surface area contributed by atoms with Gasteiger partial charge in [-0.2, -0.15) is 0 Å². The molecule has 0 bridgehead atoms. The van der Waals surface area contributed by atoms with E-state index < -0.39 is 5.97 Å². The van der Waals surface area contributed by atoms with Gasteiger partial charge in [-0.3, -0.25) is 9.59 Å². The van der Waals surface area contributed by atoms with Crippen LogP contribution < -0.4 is 0 Å². The van der Waals surface area contributed by atoms with Gasteiger partial charge in [-0.25, -0.2) is 4.98 Å². The lowest BCUT2D eigenvalue weighted by Gasteiger charge is -2.23. The number of carbonyl (C=O) groups is 2. The molecule has 7 heteroatoms. The van der Waals surface area contributed by atoms with Crippen LogP contribution in [-0.2, 0) is 11.3 Å². The van der Waals surface area contributed by atoms with Crippen molar-refractivity contribution in [1.82, 2.24) is 15.0 Å². The van der Waals surface area contributed by atoms with Crippen LogP contribution in [0.3, 0.4) is 0 Å². The van der Waals surface area contributed by atoms with E-state index in [-0.39, 0.29) is 12.3 Å². The molecule has 0 unspecified atom stereocenters. The van der Waals surface area contributed by atoms with Gasteiger partial charge in [0, 0.05) is 31.1 Å². The Labute approximate surface area is 168 Å². The molecule has 1 N–H and O–H groups in total. The number of hydrogen-bond donors (Lipinski definition) is 1. The lowest BCUT2D eigenvalue weighted by Crippen LogP contribution is -2.32. The largest absolute Gasteiger partial charge is 0.481 e. The number of rotatable bonds is 8. The summed E-state index contributed by atoms with van der Waals surface area (Å²) in [6.45, 7) is 2.56. The van der Waals surface area contributed by atoms with Crippen LogP contribution in [0.4, 0.5) is 0 Å². The normalized spacial score (nSPS) is 13.6. The fraction of sp³-hybridized carbons (Fsp3) is 0.364. The summed E-state index contributed by atoms with van der Waals surface area (Å²) in [6, 6.07) is 11.6.